The molecule has 0 aliphatic heterocycles. The van der Waals surface area contributed by atoms with E-state index < -0.39 is 5.82 Å². The Hall–Kier alpha value is -2.33. The molecule has 1 heterocycles. The second-order valence-electron chi connectivity index (χ2n) is 4.41. The van der Waals surface area contributed by atoms with Gasteiger partial charge in [0, 0.05) is 11.6 Å². The summed E-state index contributed by atoms with van der Waals surface area (Å²) in [6, 6.07) is 15.4. The molecule has 3 aromatic rings. The van der Waals surface area contributed by atoms with Crippen LogP contribution in [0.2, 0.25) is 5.02 Å². The molecule has 0 aliphatic carbocycles. The van der Waals surface area contributed by atoms with E-state index in [2.05, 4.69) is 5.16 Å². The van der Waals surface area contributed by atoms with Crippen LogP contribution in [0.3, 0.4) is 0 Å². The SMILES string of the molecule is Fc1ccc(OCc2cc(-c3ccccc3)no2)c(Cl)c1. The number of hydrogen-bond acceptors (Lipinski definition) is 3. The molecule has 106 valence electrons. The van der Waals surface area contributed by atoms with Gasteiger partial charge in [0.2, 0.25) is 0 Å². The van der Waals surface area contributed by atoms with Gasteiger partial charge in [-0.2, -0.15) is 0 Å². The van der Waals surface area contributed by atoms with E-state index in [4.69, 9.17) is 20.9 Å². The maximum absolute atomic E-state index is 12.9. The Morgan fingerprint density at radius 3 is 2.67 bits per heavy atom. The smallest absolute Gasteiger partial charge is 0.174 e. The number of benzene rings is 2. The number of ether oxygens (including phenoxy) is 1. The number of nitrogens with zero attached hydrogens (tertiary/aromatic N) is 1. The van der Waals surface area contributed by atoms with E-state index in [9.17, 15) is 4.39 Å². The van der Waals surface area contributed by atoms with Crippen molar-refractivity contribution in [3.8, 4) is 17.0 Å². The molecule has 0 spiro atoms. The van der Waals surface area contributed by atoms with Gasteiger partial charge in [-0.15, -0.1) is 0 Å². The minimum absolute atomic E-state index is 0.172. The van der Waals surface area contributed by atoms with Gasteiger partial charge in [-0.1, -0.05) is 47.1 Å². The minimum Gasteiger partial charge on any atom is -0.484 e. The van der Waals surface area contributed by atoms with Crippen molar-refractivity contribution in [2.24, 2.45) is 0 Å². The first-order valence-electron chi connectivity index (χ1n) is 6.31. The lowest BCUT2D eigenvalue weighted by Crippen LogP contribution is -1.94. The summed E-state index contributed by atoms with van der Waals surface area (Å²) in [5, 5.41) is 4.21. The summed E-state index contributed by atoms with van der Waals surface area (Å²) < 4.78 is 23.6. The summed E-state index contributed by atoms with van der Waals surface area (Å²) in [5.74, 6) is 0.559. The molecule has 0 fully saturated rings. The molecule has 3 nitrogen and oxygen atoms in total. The molecule has 0 atom stereocenters. The molecule has 0 unspecified atom stereocenters. The van der Waals surface area contributed by atoms with Gasteiger partial charge in [-0.3, -0.25) is 0 Å². The minimum atomic E-state index is -0.404. The van der Waals surface area contributed by atoms with Crippen molar-refractivity contribution in [1.29, 1.82) is 0 Å². The molecule has 0 saturated heterocycles. The lowest BCUT2D eigenvalue weighted by molar-refractivity contribution is 0.249. The molecule has 1 aromatic heterocycles. The van der Waals surface area contributed by atoms with Gasteiger partial charge in [0.15, 0.2) is 5.76 Å². The highest BCUT2D eigenvalue weighted by atomic mass is 35.5. The Morgan fingerprint density at radius 1 is 1.10 bits per heavy atom. The zero-order valence-electron chi connectivity index (χ0n) is 10.9. The summed E-state index contributed by atoms with van der Waals surface area (Å²) in [6.45, 7) is 0.172. The van der Waals surface area contributed by atoms with Crippen LogP contribution in [0, 0.1) is 5.82 Å². The molecule has 3 rings (SSSR count). The van der Waals surface area contributed by atoms with Gasteiger partial charge in [-0.05, 0) is 18.2 Å². The van der Waals surface area contributed by atoms with Crippen molar-refractivity contribution >= 4 is 11.6 Å². The third kappa shape index (κ3) is 3.23. The average Bonchev–Trinajstić information content (AvgIpc) is 2.96. The Balaban J connectivity index is 1.70. The maximum Gasteiger partial charge on any atom is 0.174 e. The first kappa shape index (κ1) is 13.6. The molecule has 0 radical (unpaired) electrons. The Bertz CT molecular complexity index is 743. The topological polar surface area (TPSA) is 35.3 Å². The van der Waals surface area contributed by atoms with Crippen LogP contribution in [0.1, 0.15) is 5.76 Å². The fourth-order valence-corrected chi connectivity index (χ4v) is 2.09. The van der Waals surface area contributed by atoms with Crippen LogP contribution >= 0.6 is 11.6 Å². The highest BCUT2D eigenvalue weighted by Crippen LogP contribution is 2.26. The van der Waals surface area contributed by atoms with Crippen LogP contribution in [0.5, 0.6) is 5.75 Å². The van der Waals surface area contributed by atoms with Crippen LogP contribution in [-0.4, -0.2) is 5.16 Å². The van der Waals surface area contributed by atoms with Crippen LogP contribution in [0.15, 0.2) is 59.1 Å². The standard InChI is InChI=1S/C16H11ClFNO2/c17-14-8-12(18)6-7-16(14)20-10-13-9-15(19-21-13)11-4-2-1-3-5-11/h1-9H,10H2. The van der Waals surface area contributed by atoms with Crippen molar-refractivity contribution in [3.05, 3.63) is 71.2 Å². The molecular formula is C16H11ClFNO2. The summed E-state index contributed by atoms with van der Waals surface area (Å²) >= 11 is 5.89. The van der Waals surface area contributed by atoms with Crippen molar-refractivity contribution < 1.29 is 13.7 Å². The van der Waals surface area contributed by atoms with E-state index in [1.165, 1.54) is 18.2 Å². The summed E-state index contributed by atoms with van der Waals surface area (Å²) in [7, 11) is 0. The molecule has 0 saturated carbocycles. The van der Waals surface area contributed by atoms with Crippen molar-refractivity contribution in [3.63, 3.8) is 0 Å². The summed E-state index contributed by atoms with van der Waals surface area (Å²) in [4.78, 5) is 0. The molecule has 0 amide bonds. The van der Waals surface area contributed by atoms with Crippen molar-refractivity contribution in [2.75, 3.05) is 0 Å². The molecule has 2 aromatic carbocycles. The third-order valence-electron chi connectivity index (χ3n) is 2.89. The maximum atomic E-state index is 12.9. The summed E-state index contributed by atoms with van der Waals surface area (Å²) in [6.07, 6.45) is 0. The Labute approximate surface area is 125 Å². The van der Waals surface area contributed by atoms with Crippen LogP contribution < -0.4 is 4.74 Å². The number of rotatable bonds is 4. The third-order valence-corrected chi connectivity index (χ3v) is 3.19. The Morgan fingerprint density at radius 2 is 1.90 bits per heavy atom. The van der Waals surface area contributed by atoms with E-state index in [0.29, 0.717) is 11.5 Å². The zero-order valence-corrected chi connectivity index (χ0v) is 11.7. The van der Waals surface area contributed by atoms with E-state index >= 15 is 0 Å². The lowest BCUT2D eigenvalue weighted by Gasteiger charge is -2.05. The Kier molecular flexibility index (Phi) is 3.88. The molecule has 0 N–H and O–H groups in total. The molecule has 21 heavy (non-hydrogen) atoms. The van der Waals surface area contributed by atoms with Gasteiger partial charge < -0.3 is 9.26 Å². The summed E-state index contributed by atoms with van der Waals surface area (Å²) in [5.41, 5.74) is 1.70. The normalized spacial score (nSPS) is 10.6. The van der Waals surface area contributed by atoms with Crippen molar-refractivity contribution in [1.82, 2.24) is 5.16 Å². The predicted octanol–water partition coefficient (Wildman–Crippen LogP) is 4.71. The van der Waals surface area contributed by atoms with Gasteiger partial charge in [0.05, 0.1) is 5.02 Å². The first-order valence-corrected chi connectivity index (χ1v) is 6.69. The highest BCUT2D eigenvalue weighted by molar-refractivity contribution is 6.32. The highest BCUT2D eigenvalue weighted by Gasteiger charge is 2.08. The van der Waals surface area contributed by atoms with E-state index in [1.54, 1.807) is 6.07 Å². The zero-order chi connectivity index (χ0) is 14.7. The van der Waals surface area contributed by atoms with Gasteiger partial charge in [-0.25, -0.2) is 4.39 Å². The largest absolute Gasteiger partial charge is 0.484 e. The number of aromatic nitrogens is 1. The quantitative estimate of drug-likeness (QED) is 0.700. The van der Waals surface area contributed by atoms with E-state index in [1.807, 2.05) is 30.3 Å². The molecular weight excluding hydrogens is 293 g/mol. The monoisotopic (exact) mass is 303 g/mol. The van der Waals surface area contributed by atoms with Gasteiger partial charge in [0.1, 0.15) is 23.9 Å². The number of halogens is 2. The fourth-order valence-electron chi connectivity index (χ4n) is 1.87. The van der Waals surface area contributed by atoms with Crippen LogP contribution in [-0.2, 0) is 6.61 Å². The molecule has 5 heteroatoms. The number of hydrogen-bond donors (Lipinski definition) is 0. The predicted molar refractivity (Wildman–Crippen MR) is 77.7 cm³/mol. The van der Waals surface area contributed by atoms with Gasteiger partial charge in [0.25, 0.3) is 0 Å². The molecule has 0 aliphatic rings. The van der Waals surface area contributed by atoms with E-state index in [-0.39, 0.29) is 11.6 Å². The fraction of sp³-hybridized carbons (Fsp3) is 0.0625. The second-order valence-corrected chi connectivity index (χ2v) is 4.82. The van der Waals surface area contributed by atoms with Gasteiger partial charge >= 0.3 is 0 Å². The van der Waals surface area contributed by atoms with E-state index in [0.717, 1.165) is 11.3 Å². The average molecular weight is 304 g/mol. The van der Waals surface area contributed by atoms with Crippen LogP contribution in [0.4, 0.5) is 4.39 Å². The van der Waals surface area contributed by atoms with Crippen molar-refractivity contribution in [2.45, 2.75) is 6.61 Å². The lowest BCUT2D eigenvalue weighted by atomic mass is 10.1. The van der Waals surface area contributed by atoms with Crippen LogP contribution in [0.25, 0.3) is 11.3 Å². The first-order chi connectivity index (χ1) is 10.2. The second kappa shape index (κ2) is 5.97. The molecule has 0 bridgehead atoms.